The van der Waals surface area contributed by atoms with E-state index in [4.69, 9.17) is 4.74 Å². The number of carbonyl (C=O) groups is 1. The van der Waals surface area contributed by atoms with Gasteiger partial charge in [0.2, 0.25) is 5.01 Å². The minimum atomic E-state index is -2.94. The maximum atomic E-state index is 13.0. The van der Waals surface area contributed by atoms with Crippen LogP contribution >= 0.6 is 11.3 Å². The molecule has 3 rings (SSSR count). The molecule has 1 amide bonds. The van der Waals surface area contributed by atoms with Gasteiger partial charge in [0, 0.05) is 12.2 Å². The topological polar surface area (TPSA) is 76.6 Å². The molecule has 11 heteroatoms. The molecular formula is C21H21F3N4O3S. The molecule has 170 valence electrons. The maximum absolute atomic E-state index is 13.0. The number of benzene rings is 2. The van der Waals surface area contributed by atoms with E-state index in [1.54, 1.807) is 19.1 Å². The van der Waals surface area contributed by atoms with Gasteiger partial charge in [-0.3, -0.25) is 9.69 Å². The van der Waals surface area contributed by atoms with E-state index >= 15 is 0 Å². The second kappa shape index (κ2) is 10.9. The Morgan fingerprint density at radius 1 is 1.12 bits per heavy atom. The van der Waals surface area contributed by atoms with Crippen molar-refractivity contribution in [3.63, 3.8) is 0 Å². The number of nitrogens with one attached hydrogen (secondary N) is 1. The number of ether oxygens (including phenoxy) is 2. The Hall–Kier alpha value is -3.18. The lowest BCUT2D eigenvalue weighted by molar-refractivity contribution is -0.0514. The van der Waals surface area contributed by atoms with Crippen molar-refractivity contribution in [2.75, 3.05) is 19.0 Å². The van der Waals surface area contributed by atoms with Crippen molar-refractivity contribution in [2.45, 2.75) is 26.6 Å². The summed E-state index contributed by atoms with van der Waals surface area (Å²) in [6.07, 6.45) is 0. The Labute approximate surface area is 186 Å². The third-order valence-corrected chi connectivity index (χ3v) is 5.05. The number of hydrogen-bond donors (Lipinski definition) is 1. The van der Waals surface area contributed by atoms with Gasteiger partial charge < -0.3 is 14.8 Å². The highest BCUT2D eigenvalue weighted by atomic mass is 32.1. The number of nitrogens with zero attached hydrogens (tertiary/aromatic N) is 3. The molecule has 0 aliphatic heterocycles. The van der Waals surface area contributed by atoms with Crippen LogP contribution in [-0.2, 0) is 13.1 Å². The number of aromatic nitrogens is 2. The summed E-state index contributed by atoms with van der Waals surface area (Å²) in [5.74, 6) is -0.601. The van der Waals surface area contributed by atoms with Crippen LogP contribution in [0.2, 0.25) is 0 Å². The van der Waals surface area contributed by atoms with Crippen LogP contribution in [0, 0.1) is 5.82 Å². The van der Waals surface area contributed by atoms with Crippen molar-refractivity contribution in [3.8, 4) is 11.5 Å². The molecule has 1 heterocycles. The van der Waals surface area contributed by atoms with Crippen molar-refractivity contribution in [3.05, 3.63) is 63.9 Å². The Balaban J connectivity index is 1.60. The van der Waals surface area contributed by atoms with Gasteiger partial charge in [-0.1, -0.05) is 17.4 Å². The van der Waals surface area contributed by atoms with E-state index in [0.29, 0.717) is 30.4 Å². The zero-order chi connectivity index (χ0) is 23.1. The summed E-state index contributed by atoms with van der Waals surface area (Å²) in [5, 5.41) is 11.4. The molecule has 1 aromatic heterocycles. The van der Waals surface area contributed by atoms with Crippen molar-refractivity contribution in [1.29, 1.82) is 0 Å². The smallest absolute Gasteiger partial charge is 0.387 e. The fourth-order valence-electron chi connectivity index (χ4n) is 2.84. The molecule has 2 aromatic carbocycles. The molecule has 0 aliphatic rings. The summed E-state index contributed by atoms with van der Waals surface area (Å²) in [7, 11) is 1.85. The first-order chi connectivity index (χ1) is 15.3. The number of carbonyl (C=O) groups excluding carboxylic acids is 1. The summed E-state index contributed by atoms with van der Waals surface area (Å²) in [5.41, 5.74) is 1.28. The number of rotatable bonds is 10. The minimum Gasteiger partial charge on any atom is -0.490 e. The third kappa shape index (κ3) is 6.66. The van der Waals surface area contributed by atoms with Crippen LogP contribution < -0.4 is 14.8 Å². The Bertz CT molecular complexity index is 1050. The quantitative estimate of drug-likeness (QED) is 0.472. The summed E-state index contributed by atoms with van der Waals surface area (Å²) >= 11 is 1.14. The highest BCUT2D eigenvalue weighted by Gasteiger charge is 2.16. The predicted octanol–water partition coefficient (Wildman–Crippen LogP) is 4.56. The Morgan fingerprint density at radius 3 is 2.56 bits per heavy atom. The van der Waals surface area contributed by atoms with Crippen LogP contribution in [0.25, 0.3) is 0 Å². The first-order valence-electron chi connectivity index (χ1n) is 9.62. The molecule has 0 atom stereocenters. The largest absolute Gasteiger partial charge is 0.490 e. The zero-order valence-corrected chi connectivity index (χ0v) is 18.2. The molecule has 0 fully saturated rings. The number of amides is 1. The van der Waals surface area contributed by atoms with Crippen molar-refractivity contribution >= 4 is 22.9 Å². The van der Waals surface area contributed by atoms with Crippen molar-refractivity contribution in [2.24, 2.45) is 0 Å². The van der Waals surface area contributed by atoms with E-state index < -0.39 is 18.3 Å². The van der Waals surface area contributed by atoms with E-state index in [9.17, 15) is 18.0 Å². The van der Waals surface area contributed by atoms with Crippen LogP contribution in [0.5, 0.6) is 11.5 Å². The Kier molecular flexibility index (Phi) is 8.01. The molecule has 0 saturated carbocycles. The third-order valence-electron chi connectivity index (χ3n) is 4.14. The van der Waals surface area contributed by atoms with Crippen molar-refractivity contribution in [1.82, 2.24) is 15.1 Å². The lowest BCUT2D eigenvalue weighted by Crippen LogP contribution is -2.17. The van der Waals surface area contributed by atoms with E-state index in [1.807, 2.05) is 11.9 Å². The highest BCUT2D eigenvalue weighted by Crippen LogP contribution is 2.30. The SMILES string of the molecule is CCOc1cc(CN(C)Cc2nnc(C(=O)Nc3ccc(F)cc3)s2)ccc1OC(F)F. The van der Waals surface area contributed by atoms with Crippen LogP contribution in [0.15, 0.2) is 42.5 Å². The monoisotopic (exact) mass is 466 g/mol. The lowest BCUT2D eigenvalue weighted by atomic mass is 10.2. The average molecular weight is 466 g/mol. The second-order valence-corrected chi connectivity index (χ2v) is 7.79. The fraction of sp³-hybridized carbons (Fsp3) is 0.286. The van der Waals surface area contributed by atoms with Gasteiger partial charge in [-0.15, -0.1) is 10.2 Å². The molecule has 32 heavy (non-hydrogen) atoms. The molecule has 0 unspecified atom stereocenters. The van der Waals surface area contributed by atoms with Gasteiger partial charge in [-0.25, -0.2) is 4.39 Å². The van der Waals surface area contributed by atoms with E-state index in [-0.39, 0.29) is 16.5 Å². The number of alkyl halides is 2. The summed E-state index contributed by atoms with van der Waals surface area (Å²) in [6, 6.07) is 10.2. The van der Waals surface area contributed by atoms with E-state index in [1.165, 1.54) is 30.3 Å². The van der Waals surface area contributed by atoms with Crippen LogP contribution in [0.4, 0.5) is 18.9 Å². The van der Waals surface area contributed by atoms with E-state index in [2.05, 4.69) is 20.3 Å². The van der Waals surface area contributed by atoms with Crippen molar-refractivity contribution < 1.29 is 27.4 Å². The normalized spacial score (nSPS) is 11.1. The molecule has 7 nitrogen and oxygen atoms in total. The summed E-state index contributed by atoms with van der Waals surface area (Å²) in [4.78, 5) is 14.2. The van der Waals surface area contributed by atoms with Gasteiger partial charge in [-0.2, -0.15) is 8.78 Å². The Morgan fingerprint density at radius 2 is 1.88 bits per heavy atom. The number of anilines is 1. The number of hydrogen-bond acceptors (Lipinski definition) is 7. The van der Waals surface area contributed by atoms with E-state index in [0.717, 1.165) is 16.9 Å². The summed E-state index contributed by atoms with van der Waals surface area (Å²) in [6.45, 7) is 0.0259. The van der Waals surface area contributed by atoms with Gasteiger partial charge in [0.1, 0.15) is 10.8 Å². The molecular weight excluding hydrogens is 445 g/mol. The first-order valence-corrected chi connectivity index (χ1v) is 10.4. The van der Waals surface area contributed by atoms with Crippen LogP contribution in [0.3, 0.4) is 0 Å². The van der Waals surface area contributed by atoms with Gasteiger partial charge in [0.05, 0.1) is 13.2 Å². The van der Waals surface area contributed by atoms with Gasteiger partial charge >= 0.3 is 6.61 Å². The molecule has 0 aliphatic carbocycles. The first kappa shape index (κ1) is 23.5. The van der Waals surface area contributed by atoms with Gasteiger partial charge in [-0.05, 0) is 55.9 Å². The zero-order valence-electron chi connectivity index (χ0n) is 17.3. The van der Waals surface area contributed by atoms with Crippen LogP contribution in [0.1, 0.15) is 27.3 Å². The van der Waals surface area contributed by atoms with Gasteiger partial charge in [0.25, 0.3) is 5.91 Å². The molecule has 0 spiro atoms. The molecule has 0 saturated heterocycles. The molecule has 1 N–H and O–H groups in total. The highest BCUT2D eigenvalue weighted by molar-refractivity contribution is 7.13. The standard InChI is InChI=1S/C21H21F3N4O3S/c1-3-30-17-10-13(4-9-16(17)31-21(23)24)11-28(2)12-18-26-27-20(32-18)19(29)25-15-7-5-14(22)6-8-15/h4-10,21H,3,11-12H2,1-2H3,(H,25,29). The lowest BCUT2D eigenvalue weighted by Gasteiger charge is -2.17. The van der Waals surface area contributed by atoms with Gasteiger partial charge in [0.15, 0.2) is 11.5 Å². The van der Waals surface area contributed by atoms with Crippen LogP contribution in [-0.4, -0.2) is 41.3 Å². The predicted molar refractivity (Wildman–Crippen MR) is 114 cm³/mol. The molecule has 0 bridgehead atoms. The summed E-state index contributed by atoms with van der Waals surface area (Å²) < 4.78 is 48.0. The minimum absolute atomic E-state index is 0.0193. The second-order valence-electron chi connectivity index (χ2n) is 6.73. The fourth-order valence-corrected chi connectivity index (χ4v) is 3.65. The molecule has 3 aromatic rings. The maximum Gasteiger partial charge on any atom is 0.387 e. The molecule has 0 radical (unpaired) electrons. The average Bonchev–Trinajstić information content (AvgIpc) is 3.20. The number of halogens is 3.